The Morgan fingerprint density at radius 3 is 2.20 bits per heavy atom. The fourth-order valence-electron chi connectivity index (χ4n) is 2.09. The van der Waals surface area contributed by atoms with Crippen LogP contribution in [0.4, 0.5) is 4.79 Å². The van der Waals surface area contributed by atoms with E-state index in [4.69, 9.17) is 0 Å². The summed E-state index contributed by atoms with van der Waals surface area (Å²) in [4.78, 5) is 25.5. The first-order chi connectivity index (χ1) is 9.12. The number of carbonyl (C=O) groups is 2. The molecule has 5 heteroatoms. The molecule has 1 saturated carbocycles. The van der Waals surface area contributed by atoms with Crippen LogP contribution in [0.15, 0.2) is 0 Å². The smallest absolute Gasteiger partial charge is 0.326 e. The molecule has 2 N–H and O–H groups in total. The predicted octanol–water partition coefficient (Wildman–Crippen LogP) is 2.71. The molecule has 1 aliphatic rings. The predicted molar refractivity (Wildman–Crippen MR) is 78.6 cm³/mol. The Morgan fingerprint density at radius 2 is 1.85 bits per heavy atom. The van der Waals surface area contributed by atoms with Crippen molar-refractivity contribution in [3.8, 4) is 0 Å². The number of nitrogens with zero attached hydrogens (tertiary/aromatic N) is 1. The van der Waals surface area contributed by atoms with E-state index < -0.39 is 17.4 Å². The number of rotatable bonds is 6. The molecule has 1 aliphatic carbocycles. The van der Waals surface area contributed by atoms with Crippen LogP contribution in [0.5, 0.6) is 0 Å². The topological polar surface area (TPSA) is 69.6 Å². The lowest BCUT2D eigenvalue weighted by Crippen LogP contribution is -2.54. The maximum absolute atomic E-state index is 12.4. The van der Waals surface area contributed by atoms with E-state index in [9.17, 15) is 14.7 Å². The second-order valence-electron chi connectivity index (χ2n) is 7.19. The van der Waals surface area contributed by atoms with Crippen LogP contribution in [-0.2, 0) is 4.79 Å². The average Bonchev–Trinajstić information content (AvgIpc) is 3.07. The molecule has 0 saturated heterocycles. The van der Waals surface area contributed by atoms with Crippen LogP contribution in [0, 0.1) is 11.3 Å². The molecule has 0 aromatic heterocycles. The van der Waals surface area contributed by atoms with Gasteiger partial charge in [0.1, 0.15) is 6.04 Å². The van der Waals surface area contributed by atoms with Crippen molar-refractivity contribution >= 4 is 12.0 Å². The Balaban J connectivity index is 2.67. The quantitative estimate of drug-likeness (QED) is 0.788. The van der Waals surface area contributed by atoms with Crippen LogP contribution in [0.3, 0.4) is 0 Å². The van der Waals surface area contributed by atoms with E-state index in [2.05, 4.69) is 19.2 Å². The van der Waals surface area contributed by atoms with E-state index in [1.807, 2.05) is 25.7 Å². The zero-order valence-electron chi connectivity index (χ0n) is 13.3. The summed E-state index contributed by atoms with van der Waals surface area (Å²) in [5.41, 5.74) is -0.505. The van der Waals surface area contributed by atoms with Gasteiger partial charge in [-0.3, -0.25) is 0 Å². The third-order valence-electron chi connectivity index (χ3n) is 3.58. The van der Waals surface area contributed by atoms with Crippen molar-refractivity contribution in [1.82, 2.24) is 10.2 Å². The van der Waals surface area contributed by atoms with Crippen LogP contribution in [0.1, 0.15) is 53.9 Å². The number of carboxylic acid groups (broad SMARTS) is 1. The number of nitrogens with one attached hydrogen (secondary N) is 1. The SMILES string of the molecule is CC(C)CCN(C(=O)N[C@H](C(=O)O)C(C)(C)C)C1CC1. The van der Waals surface area contributed by atoms with E-state index in [1.54, 1.807) is 0 Å². The lowest BCUT2D eigenvalue weighted by Gasteiger charge is -2.31. The molecule has 0 aliphatic heterocycles. The van der Waals surface area contributed by atoms with Gasteiger partial charge in [0.25, 0.3) is 0 Å². The molecule has 1 atom stereocenters. The highest BCUT2D eigenvalue weighted by Gasteiger charge is 2.37. The van der Waals surface area contributed by atoms with Crippen molar-refractivity contribution in [3.63, 3.8) is 0 Å². The number of aliphatic carboxylic acids is 1. The van der Waals surface area contributed by atoms with Gasteiger partial charge >= 0.3 is 12.0 Å². The van der Waals surface area contributed by atoms with Crippen LogP contribution < -0.4 is 5.32 Å². The molecular formula is C15H28N2O3. The Morgan fingerprint density at radius 1 is 1.30 bits per heavy atom. The van der Waals surface area contributed by atoms with Gasteiger partial charge in [0.15, 0.2) is 0 Å². The second-order valence-corrected chi connectivity index (χ2v) is 7.19. The van der Waals surface area contributed by atoms with Gasteiger partial charge in [-0.15, -0.1) is 0 Å². The van der Waals surface area contributed by atoms with Gasteiger partial charge in [-0.05, 0) is 30.6 Å². The molecule has 1 fully saturated rings. The summed E-state index contributed by atoms with van der Waals surface area (Å²) < 4.78 is 0. The maximum atomic E-state index is 12.4. The minimum Gasteiger partial charge on any atom is -0.480 e. The minimum atomic E-state index is -0.981. The van der Waals surface area contributed by atoms with Crippen molar-refractivity contribution in [1.29, 1.82) is 0 Å². The molecule has 0 aromatic rings. The summed E-state index contributed by atoms with van der Waals surface area (Å²) >= 11 is 0. The lowest BCUT2D eigenvalue weighted by molar-refractivity contribution is -0.142. The van der Waals surface area contributed by atoms with Gasteiger partial charge in [-0.1, -0.05) is 34.6 Å². The molecule has 20 heavy (non-hydrogen) atoms. The molecule has 0 aromatic carbocycles. The molecular weight excluding hydrogens is 256 g/mol. The number of urea groups is 1. The molecule has 5 nitrogen and oxygen atoms in total. The number of carbonyl (C=O) groups excluding carboxylic acids is 1. The summed E-state index contributed by atoms with van der Waals surface area (Å²) in [6.45, 7) is 10.4. The summed E-state index contributed by atoms with van der Waals surface area (Å²) in [5.74, 6) is -0.451. The summed E-state index contributed by atoms with van der Waals surface area (Å²) in [7, 11) is 0. The Hall–Kier alpha value is -1.26. The van der Waals surface area contributed by atoms with E-state index in [-0.39, 0.29) is 6.03 Å². The third-order valence-corrected chi connectivity index (χ3v) is 3.58. The monoisotopic (exact) mass is 284 g/mol. The summed E-state index contributed by atoms with van der Waals surface area (Å²) in [6, 6.07) is -0.811. The number of amides is 2. The molecule has 116 valence electrons. The normalized spacial score (nSPS) is 16.9. The van der Waals surface area contributed by atoms with E-state index in [0.717, 1.165) is 19.3 Å². The minimum absolute atomic E-state index is 0.240. The first-order valence-corrected chi connectivity index (χ1v) is 7.43. The summed E-state index contributed by atoms with van der Waals surface area (Å²) in [5, 5.41) is 12.0. The zero-order valence-corrected chi connectivity index (χ0v) is 13.3. The van der Waals surface area contributed by atoms with Crippen molar-refractivity contribution in [2.24, 2.45) is 11.3 Å². The molecule has 0 heterocycles. The van der Waals surface area contributed by atoms with E-state index in [0.29, 0.717) is 18.5 Å². The Kier molecular flexibility index (Phi) is 5.42. The van der Waals surface area contributed by atoms with Gasteiger partial charge in [0.05, 0.1) is 0 Å². The molecule has 0 spiro atoms. The highest BCUT2D eigenvalue weighted by Crippen LogP contribution is 2.28. The molecule has 1 rings (SSSR count). The first kappa shape index (κ1) is 16.8. The third kappa shape index (κ3) is 5.02. The van der Waals surface area contributed by atoms with Crippen molar-refractivity contribution in [2.75, 3.05) is 6.54 Å². The first-order valence-electron chi connectivity index (χ1n) is 7.43. The van der Waals surface area contributed by atoms with Crippen LogP contribution in [0.25, 0.3) is 0 Å². The van der Waals surface area contributed by atoms with E-state index >= 15 is 0 Å². The standard InChI is InChI=1S/C15H28N2O3/c1-10(2)8-9-17(11-6-7-11)14(20)16-12(13(18)19)15(3,4)5/h10-12H,6-9H2,1-5H3,(H,16,20)(H,18,19)/t12-/m1/s1. The van der Waals surface area contributed by atoms with Gasteiger partial charge in [0, 0.05) is 12.6 Å². The van der Waals surface area contributed by atoms with Gasteiger partial charge in [-0.25, -0.2) is 9.59 Å². The highest BCUT2D eigenvalue weighted by atomic mass is 16.4. The lowest BCUT2D eigenvalue weighted by atomic mass is 9.87. The number of hydrogen-bond acceptors (Lipinski definition) is 2. The van der Waals surface area contributed by atoms with Gasteiger partial charge in [-0.2, -0.15) is 0 Å². The summed E-state index contributed by atoms with van der Waals surface area (Å²) in [6.07, 6.45) is 2.99. The largest absolute Gasteiger partial charge is 0.480 e. The molecule has 0 radical (unpaired) electrons. The van der Waals surface area contributed by atoms with Crippen LogP contribution in [-0.4, -0.2) is 40.6 Å². The fourth-order valence-corrected chi connectivity index (χ4v) is 2.09. The van der Waals surface area contributed by atoms with Gasteiger partial charge in [0.2, 0.25) is 0 Å². The fraction of sp³-hybridized carbons (Fsp3) is 0.867. The maximum Gasteiger partial charge on any atom is 0.326 e. The molecule has 2 amide bonds. The Labute approximate surface area is 121 Å². The average molecular weight is 284 g/mol. The Bertz CT molecular complexity index is 357. The highest BCUT2D eigenvalue weighted by molar-refractivity contribution is 5.83. The second kappa shape index (κ2) is 6.46. The van der Waals surface area contributed by atoms with Crippen LogP contribution in [0.2, 0.25) is 0 Å². The number of carboxylic acids is 1. The zero-order chi connectivity index (χ0) is 15.5. The van der Waals surface area contributed by atoms with Crippen molar-refractivity contribution in [2.45, 2.75) is 66.0 Å². The van der Waals surface area contributed by atoms with Crippen molar-refractivity contribution < 1.29 is 14.7 Å². The van der Waals surface area contributed by atoms with Gasteiger partial charge < -0.3 is 15.3 Å². The number of hydrogen-bond donors (Lipinski definition) is 2. The molecule has 0 unspecified atom stereocenters. The molecule has 0 bridgehead atoms. The van der Waals surface area contributed by atoms with E-state index in [1.165, 1.54) is 0 Å². The van der Waals surface area contributed by atoms with Crippen LogP contribution >= 0.6 is 0 Å². The van der Waals surface area contributed by atoms with Crippen molar-refractivity contribution in [3.05, 3.63) is 0 Å².